The van der Waals surface area contributed by atoms with Gasteiger partial charge in [0.1, 0.15) is 16.5 Å². The lowest BCUT2D eigenvalue weighted by Crippen LogP contribution is -2.30. The molecule has 1 aliphatic rings. The maximum atomic E-state index is 12.8. The van der Waals surface area contributed by atoms with E-state index in [1.807, 2.05) is 12.1 Å². The van der Waals surface area contributed by atoms with Crippen molar-refractivity contribution < 1.29 is 13.2 Å². The minimum atomic E-state index is -3.52. The molecule has 3 rings (SSSR count). The quantitative estimate of drug-likeness (QED) is 0.729. The van der Waals surface area contributed by atoms with Crippen LogP contribution in [0.4, 0.5) is 5.82 Å². The Morgan fingerprint density at radius 3 is 2.56 bits per heavy atom. The third kappa shape index (κ3) is 4.33. The highest BCUT2D eigenvalue weighted by molar-refractivity contribution is 9.10. The summed E-state index contributed by atoms with van der Waals surface area (Å²) in [5.41, 5.74) is 0.669. The second kappa shape index (κ2) is 7.74. The Morgan fingerprint density at radius 2 is 1.92 bits per heavy atom. The van der Waals surface area contributed by atoms with Crippen molar-refractivity contribution in [2.75, 3.05) is 25.1 Å². The van der Waals surface area contributed by atoms with Crippen LogP contribution in [0.1, 0.15) is 24.8 Å². The average Bonchev–Trinajstić information content (AvgIpc) is 2.63. The van der Waals surface area contributed by atoms with Gasteiger partial charge in [-0.3, -0.25) is 0 Å². The zero-order chi connectivity index (χ0) is 17.9. The van der Waals surface area contributed by atoms with Crippen molar-refractivity contribution in [1.82, 2.24) is 4.98 Å². The van der Waals surface area contributed by atoms with Crippen molar-refractivity contribution in [3.05, 3.63) is 46.6 Å². The highest BCUT2D eigenvalue weighted by Gasteiger charge is 2.21. The molecule has 25 heavy (non-hydrogen) atoms. The number of nitrogens with zero attached hydrogens (tertiary/aromatic N) is 2. The van der Waals surface area contributed by atoms with Crippen LogP contribution in [-0.4, -0.2) is 33.6 Å². The number of benzene rings is 1. The molecule has 1 aromatic heterocycles. The predicted octanol–water partition coefficient (Wildman–Crippen LogP) is 3.82. The van der Waals surface area contributed by atoms with Gasteiger partial charge in [0.2, 0.25) is 0 Å². The molecule has 1 fully saturated rings. The van der Waals surface area contributed by atoms with Gasteiger partial charge in [0.05, 0.1) is 12.9 Å². The summed E-state index contributed by atoms with van der Waals surface area (Å²) >= 11 is 3.32. The number of sulfone groups is 1. The molecule has 1 aromatic carbocycles. The molecule has 0 unspecified atom stereocenters. The van der Waals surface area contributed by atoms with E-state index in [0.717, 1.165) is 18.9 Å². The molecule has 0 atom stereocenters. The van der Waals surface area contributed by atoms with Crippen LogP contribution in [0.5, 0.6) is 5.75 Å². The Kier molecular flexibility index (Phi) is 5.64. The Labute approximate surface area is 157 Å². The number of rotatable bonds is 5. The number of hydrogen-bond acceptors (Lipinski definition) is 5. The largest absolute Gasteiger partial charge is 0.495 e. The van der Waals surface area contributed by atoms with Gasteiger partial charge in [-0.2, -0.15) is 0 Å². The Morgan fingerprint density at radius 1 is 1.16 bits per heavy atom. The molecular formula is C18H21BrN2O3S. The first kappa shape index (κ1) is 18.2. The van der Waals surface area contributed by atoms with Crippen LogP contribution in [0.3, 0.4) is 0 Å². The predicted molar refractivity (Wildman–Crippen MR) is 102 cm³/mol. The third-order valence-electron chi connectivity index (χ3n) is 4.31. The van der Waals surface area contributed by atoms with Gasteiger partial charge in [-0.15, -0.1) is 0 Å². The number of pyridine rings is 1. The lowest BCUT2D eigenvalue weighted by atomic mass is 10.1. The lowest BCUT2D eigenvalue weighted by molar-refractivity contribution is 0.402. The molecule has 0 amide bonds. The summed E-state index contributed by atoms with van der Waals surface area (Å²) in [6.45, 7) is 2.03. The fourth-order valence-electron chi connectivity index (χ4n) is 3.00. The van der Waals surface area contributed by atoms with Crippen LogP contribution in [0.25, 0.3) is 0 Å². The van der Waals surface area contributed by atoms with Crippen molar-refractivity contribution in [3.8, 4) is 5.75 Å². The highest BCUT2D eigenvalue weighted by Crippen LogP contribution is 2.30. The van der Waals surface area contributed by atoms with E-state index in [1.54, 1.807) is 24.4 Å². The molecule has 2 aromatic rings. The summed E-state index contributed by atoms with van der Waals surface area (Å²) in [7, 11) is -2.06. The van der Waals surface area contributed by atoms with Crippen LogP contribution in [0, 0.1) is 0 Å². The van der Waals surface area contributed by atoms with Crippen LogP contribution in [0.15, 0.2) is 45.9 Å². The number of ether oxygens (including phenoxy) is 1. The molecule has 5 nitrogen and oxygen atoms in total. The van der Waals surface area contributed by atoms with E-state index in [2.05, 4.69) is 25.8 Å². The van der Waals surface area contributed by atoms with Crippen LogP contribution in [-0.2, 0) is 15.6 Å². The van der Waals surface area contributed by atoms with E-state index in [1.165, 1.54) is 26.4 Å². The fraction of sp³-hybridized carbons (Fsp3) is 0.389. The first-order valence-corrected chi connectivity index (χ1v) is 10.7. The van der Waals surface area contributed by atoms with Gasteiger partial charge in [0.25, 0.3) is 0 Å². The number of anilines is 1. The van der Waals surface area contributed by atoms with Crippen molar-refractivity contribution in [2.45, 2.75) is 29.9 Å². The number of hydrogen-bond donors (Lipinski definition) is 0. The van der Waals surface area contributed by atoms with Crippen molar-refractivity contribution in [3.63, 3.8) is 0 Å². The average molecular weight is 425 g/mol. The number of piperidine rings is 1. The summed E-state index contributed by atoms with van der Waals surface area (Å²) in [5, 5.41) is 0. The zero-order valence-electron chi connectivity index (χ0n) is 14.1. The number of aromatic nitrogens is 1. The van der Waals surface area contributed by atoms with Gasteiger partial charge < -0.3 is 9.64 Å². The molecule has 134 valence electrons. The Hall–Kier alpha value is -1.60. The van der Waals surface area contributed by atoms with E-state index >= 15 is 0 Å². The summed E-state index contributed by atoms with van der Waals surface area (Å²) in [6, 6.07) is 8.73. The van der Waals surface area contributed by atoms with Crippen molar-refractivity contribution in [2.24, 2.45) is 0 Å². The second-order valence-corrected chi connectivity index (χ2v) is 9.00. The fourth-order valence-corrected chi connectivity index (χ4v) is 5.05. The van der Waals surface area contributed by atoms with E-state index in [0.29, 0.717) is 15.8 Å². The first-order chi connectivity index (χ1) is 12.0. The topological polar surface area (TPSA) is 59.5 Å². The minimum absolute atomic E-state index is 0.104. The maximum absolute atomic E-state index is 12.8. The van der Waals surface area contributed by atoms with E-state index in [4.69, 9.17) is 4.74 Å². The molecule has 0 radical (unpaired) electrons. The highest BCUT2D eigenvalue weighted by atomic mass is 79.9. The molecule has 1 aliphatic heterocycles. The van der Waals surface area contributed by atoms with Crippen LogP contribution < -0.4 is 9.64 Å². The third-order valence-corrected chi connectivity index (χ3v) is 6.50. The lowest BCUT2D eigenvalue weighted by Gasteiger charge is -2.27. The standard InChI is InChI=1S/C18H21BrN2O3S/c1-24-16-7-6-15(19)11-17(16)25(22,23)13-14-5-8-18(20-12-14)21-9-3-2-4-10-21/h5-8,11-12H,2-4,9-10,13H2,1H3. The second-order valence-electron chi connectivity index (χ2n) is 6.13. The monoisotopic (exact) mass is 424 g/mol. The smallest absolute Gasteiger partial charge is 0.186 e. The number of halogens is 1. The van der Waals surface area contributed by atoms with Crippen molar-refractivity contribution in [1.29, 1.82) is 0 Å². The zero-order valence-corrected chi connectivity index (χ0v) is 16.5. The summed E-state index contributed by atoms with van der Waals surface area (Å²) < 4.78 is 31.5. The number of methoxy groups -OCH3 is 1. The Bertz CT molecular complexity index is 832. The molecule has 2 heterocycles. The van der Waals surface area contributed by atoms with Gasteiger partial charge in [0, 0.05) is 23.8 Å². The van der Waals surface area contributed by atoms with Gasteiger partial charge in [-0.1, -0.05) is 22.0 Å². The molecule has 0 N–H and O–H groups in total. The normalized spacial score (nSPS) is 15.2. The van der Waals surface area contributed by atoms with Crippen molar-refractivity contribution >= 4 is 31.6 Å². The molecule has 0 spiro atoms. The van der Waals surface area contributed by atoms with Gasteiger partial charge >= 0.3 is 0 Å². The summed E-state index contributed by atoms with van der Waals surface area (Å²) in [4.78, 5) is 6.90. The summed E-state index contributed by atoms with van der Waals surface area (Å²) in [6.07, 6.45) is 5.29. The maximum Gasteiger partial charge on any atom is 0.186 e. The first-order valence-electron chi connectivity index (χ1n) is 8.26. The van der Waals surface area contributed by atoms with Gasteiger partial charge in [-0.05, 0) is 49.1 Å². The van der Waals surface area contributed by atoms with Crippen LogP contribution >= 0.6 is 15.9 Å². The SMILES string of the molecule is COc1ccc(Br)cc1S(=O)(=O)Cc1ccc(N2CCCCC2)nc1. The van der Waals surface area contributed by atoms with Gasteiger partial charge in [-0.25, -0.2) is 13.4 Å². The molecule has 7 heteroatoms. The Balaban J connectivity index is 1.80. The molecule has 0 saturated carbocycles. The van der Waals surface area contributed by atoms with E-state index in [9.17, 15) is 8.42 Å². The van der Waals surface area contributed by atoms with E-state index < -0.39 is 9.84 Å². The minimum Gasteiger partial charge on any atom is -0.495 e. The molecule has 0 aliphatic carbocycles. The molecule has 0 bridgehead atoms. The molecule has 1 saturated heterocycles. The molecular weight excluding hydrogens is 404 g/mol. The van der Waals surface area contributed by atoms with Gasteiger partial charge in [0.15, 0.2) is 9.84 Å². The van der Waals surface area contributed by atoms with E-state index in [-0.39, 0.29) is 10.6 Å². The summed E-state index contributed by atoms with van der Waals surface area (Å²) in [5.74, 6) is 1.16. The van der Waals surface area contributed by atoms with Crippen LogP contribution in [0.2, 0.25) is 0 Å².